The largest absolute Gasteiger partial charge is 0.390 e. The van der Waals surface area contributed by atoms with Crippen molar-refractivity contribution in [1.82, 2.24) is 0 Å². The minimum atomic E-state index is -1.52. The van der Waals surface area contributed by atoms with Crippen LogP contribution in [0.25, 0.3) is 0 Å². The van der Waals surface area contributed by atoms with Crippen LogP contribution in [0.3, 0.4) is 0 Å². The minimum Gasteiger partial charge on any atom is -0.390 e. The lowest BCUT2D eigenvalue weighted by Gasteiger charge is -2.48. The molecule has 1 fully saturated rings. The average Bonchev–Trinajstić information content (AvgIpc) is 2.26. The quantitative estimate of drug-likeness (QED) is 0.247. The van der Waals surface area contributed by atoms with Crippen LogP contribution in [0.5, 0.6) is 0 Å². The summed E-state index contributed by atoms with van der Waals surface area (Å²) in [4.78, 5) is 0. The van der Waals surface area contributed by atoms with Crippen LogP contribution in [0, 0.1) is 11.8 Å². The molecule has 0 amide bonds. The SMILES string of the molecule is OC1C=CC(O)C2C(O)C(O)C(O)C(O)C12. The molecule has 0 aliphatic heterocycles. The van der Waals surface area contributed by atoms with E-state index in [0.29, 0.717) is 0 Å². The Balaban J connectivity index is 2.34. The Morgan fingerprint density at radius 2 is 0.812 bits per heavy atom. The molecule has 6 N–H and O–H groups in total. The third-order valence-electron chi connectivity index (χ3n) is 3.58. The van der Waals surface area contributed by atoms with Gasteiger partial charge in [0, 0.05) is 11.8 Å². The van der Waals surface area contributed by atoms with Crippen molar-refractivity contribution in [3.8, 4) is 0 Å². The molecule has 2 rings (SSSR count). The molecule has 0 aromatic rings. The van der Waals surface area contributed by atoms with Gasteiger partial charge in [0.1, 0.15) is 12.2 Å². The van der Waals surface area contributed by atoms with Crippen molar-refractivity contribution in [2.45, 2.75) is 36.6 Å². The Morgan fingerprint density at radius 3 is 1.12 bits per heavy atom. The highest BCUT2D eigenvalue weighted by molar-refractivity contribution is 5.14. The smallest absolute Gasteiger partial charge is 0.109 e. The predicted molar refractivity (Wildman–Crippen MR) is 52.2 cm³/mol. The van der Waals surface area contributed by atoms with Gasteiger partial charge < -0.3 is 30.6 Å². The zero-order chi connectivity index (χ0) is 12.0. The Hall–Kier alpha value is -0.500. The fourth-order valence-corrected chi connectivity index (χ4v) is 2.66. The summed E-state index contributed by atoms with van der Waals surface area (Å²) in [6.45, 7) is 0. The molecule has 0 heterocycles. The van der Waals surface area contributed by atoms with Gasteiger partial charge in [-0.1, -0.05) is 12.2 Å². The highest BCUT2D eigenvalue weighted by atomic mass is 16.4. The van der Waals surface area contributed by atoms with E-state index in [1.165, 1.54) is 12.2 Å². The van der Waals surface area contributed by atoms with Gasteiger partial charge >= 0.3 is 0 Å². The van der Waals surface area contributed by atoms with Gasteiger partial charge in [-0.05, 0) is 0 Å². The molecule has 2 aliphatic rings. The number of fused-ring (bicyclic) bond motifs is 1. The molecular formula is C10H16O6. The van der Waals surface area contributed by atoms with E-state index >= 15 is 0 Å². The summed E-state index contributed by atoms with van der Waals surface area (Å²) in [5.74, 6) is -1.76. The van der Waals surface area contributed by atoms with Gasteiger partial charge in [-0.3, -0.25) is 0 Å². The van der Waals surface area contributed by atoms with Gasteiger partial charge in [0.25, 0.3) is 0 Å². The van der Waals surface area contributed by atoms with Crippen molar-refractivity contribution in [3.05, 3.63) is 12.2 Å². The molecule has 0 aromatic heterocycles. The van der Waals surface area contributed by atoms with Crippen LogP contribution in [0.1, 0.15) is 0 Å². The van der Waals surface area contributed by atoms with Crippen LogP contribution in [0.2, 0.25) is 0 Å². The molecule has 8 atom stereocenters. The summed E-state index contributed by atoms with van der Waals surface area (Å²) in [5, 5.41) is 57.7. The zero-order valence-corrected chi connectivity index (χ0v) is 8.46. The molecule has 92 valence electrons. The van der Waals surface area contributed by atoms with E-state index < -0.39 is 48.5 Å². The average molecular weight is 232 g/mol. The molecule has 6 nitrogen and oxygen atoms in total. The van der Waals surface area contributed by atoms with Crippen molar-refractivity contribution < 1.29 is 30.6 Å². The lowest BCUT2D eigenvalue weighted by molar-refractivity contribution is -0.213. The molecule has 0 spiro atoms. The summed E-state index contributed by atoms with van der Waals surface area (Å²) >= 11 is 0. The van der Waals surface area contributed by atoms with Gasteiger partial charge in [0.2, 0.25) is 0 Å². The maximum absolute atomic E-state index is 9.72. The van der Waals surface area contributed by atoms with Crippen LogP contribution in [0.15, 0.2) is 12.2 Å². The third kappa shape index (κ3) is 1.58. The lowest BCUT2D eigenvalue weighted by Crippen LogP contribution is -2.64. The Labute approximate surface area is 92.1 Å². The van der Waals surface area contributed by atoms with Gasteiger partial charge in [-0.25, -0.2) is 0 Å². The van der Waals surface area contributed by atoms with Crippen LogP contribution < -0.4 is 0 Å². The van der Waals surface area contributed by atoms with Gasteiger partial charge in [0.15, 0.2) is 0 Å². The van der Waals surface area contributed by atoms with E-state index in [0.717, 1.165) is 0 Å². The molecule has 0 saturated heterocycles. The highest BCUT2D eigenvalue weighted by Gasteiger charge is 2.53. The minimum absolute atomic E-state index is 0.881. The summed E-state index contributed by atoms with van der Waals surface area (Å²) in [6, 6.07) is 0. The summed E-state index contributed by atoms with van der Waals surface area (Å²) < 4.78 is 0. The van der Waals surface area contributed by atoms with Crippen molar-refractivity contribution in [2.24, 2.45) is 11.8 Å². The fraction of sp³-hybridized carbons (Fsp3) is 0.800. The van der Waals surface area contributed by atoms with Crippen molar-refractivity contribution in [2.75, 3.05) is 0 Å². The van der Waals surface area contributed by atoms with E-state index in [-0.39, 0.29) is 0 Å². The Kier molecular flexibility index (Phi) is 3.04. The first-order valence-corrected chi connectivity index (χ1v) is 5.22. The summed E-state index contributed by atoms with van der Waals surface area (Å²) in [5.41, 5.74) is 0. The van der Waals surface area contributed by atoms with E-state index in [1.807, 2.05) is 0 Å². The van der Waals surface area contributed by atoms with Crippen LogP contribution in [0.4, 0.5) is 0 Å². The lowest BCUT2D eigenvalue weighted by atomic mass is 9.65. The molecule has 6 heteroatoms. The Morgan fingerprint density at radius 1 is 0.500 bits per heavy atom. The maximum Gasteiger partial charge on any atom is 0.109 e. The second-order valence-corrected chi connectivity index (χ2v) is 4.48. The number of hydrogen-bond acceptors (Lipinski definition) is 6. The normalized spacial score (nSPS) is 57.1. The second-order valence-electron chi connectivity index (χ2n) is 4.48. The predicted octanol–water partition coefficient (Wildman–Crippen LogP) is -3.03. The first-order chi connectivity index (χ1) is 7.45. The Bertz CT molecular complexity index is 265. The highest BCUT2D eigenvalue weighted by Crippen LogP contribution is 2.38. The molecule has 16 heavy (non-hydrogen) atoms. The topological polar surface area (TPSA) is 121 Å². The number of hydrogen-bond donors (Lipinski definition) is 6. The summed E-state index contributed by atoms with van der Waals surface area (Å²) in [7, 11) is 0. The van der Waals surface area contributed by atoms with E-state index in [2.05, 4.69) is 0 Å². The first-order valence-electron chi connectivity index (χ1n) is 5.22. The maximum atomic E-state index is 9.72. The van der Waals surface area contributed by atoms with E-state index in [1.54, 1.807) is 0 Å². The van der Waals surface area contributed by atoms with Crippen LogP contribution >= 0.6 is 0 Å². The number of aliphatic hydroxyl groups is 6. The molecular weight excluding hydrogens is 216 g/mol. The summed E-state index contributed by atoms with van der Waals surface area (Å²) in [6.07, 6.45) is -5.29. The second kappa shape index (κ2) is 4.06. The van der Waals surface area contributed by atoms with Crippen LogP contribution in [-0.4, -0.2) is 67.3 Å². The third-order valence-corrected chi connectivity index (χ3v) is 3.58. The van der Waals surface area contributed by atoms with Crippen LogP contribution in [-0.2, 0) is 0 Å². The molecule has 0 radical (unpaired) electrons. The van der Waals surface area contributed by atoms with Crippen molar-refractivity contribution >= 4 is 0 Å². The van der Waals surface area contributed by atoms with Gasteiger partial charge in [0.05, 0.1) is 24.4 Å². The van der Waals surface area contributed by atoms with Gasteiger partial charge in [-0.15, -0.1) is 0 Å². The zero-order valence-electron chi connectivity index (χ0n) is 8.46. The standard InChI is InChI=1S/C10H16O6/c11-3-1-2-4(12)6-5(3)7(13)9(15)10(16)8(6)14/h1-16H. The van der Waals surface area contributed by atoms with E-state index in [9.17, 15) is 30.6 Å². The van der Waals surface area contributed by atoms with Gasteiger partial charge in [-0.2, -0.15) is 0 Å². The monoisotopic (exact) mass is 232 g/mol. The fourth-order valence-electron chi connectivity index (χ4n) is 2.66. The molecule has 0 bridgehead atoms. The molecule has 8 unspecified atom stereocenters. The van der Waals surface area contributed by atoms with Crippen molar-refractivity contribution in [3.63, 3.8) is 0 Å². The van der Waals surface area contributed by atoms with E-state index in [4.69, 9.17) is 0 Å². The van der Waals surface area contributed by atoms with Crippen molar-refractivity contribution in [1.29, 1.82) is 0 Å². The number of aliphatic hydroxyl groups excluding tert-OH is 6. The molecule has 1 saturated carbocycles. The molecule has 0 aromatic carbocycles. The number of rotatable bonds is 0. The first kappa shape index (κ1) is 12.0. The molecule has 2 aliphatic carbocycles.